The Kier molecular flexibility index (Phi) is 6.41. The molecule has 1 amide bonds. The number of amides is 1. The number of carbonyl (C=O) groups is 1. The molecule has 0 aliphatic carbocycles. The largest absolute Gasteiger partial charge is 0.386 e. The summed E-state index contributed by atoms with van der Waals surface area (Å²) < 4.78 is 2.09. The van der Waals surface area contributed by atoms with Crippen molar-refractivity contribution in [1.29, 1.82) is 0 Å². The van der Waals surface area contributed by atoms with Gasteiger partial charge in [0, 0.05) is 51.8 Å². The average Bonchev–Trinajstić information content (AvgIpc) is 3.09. The molecule has 1 aliphatic rings. The van der Waals surface area contributed by atoms with Crippen LogP contribution in [0.2, 0.25) is 0 Å². The van der Waals surface area contributed by atoms with Crippen molar-refractivity contribution in [3.63, 3.8) is 0 Å². The molecular formula is C24H32N6O2. The maximum Gasteiger partial charge on any atom is 0.222 e. The zero-order valence-corrected chi connectivity index (χ0v) is 19.2. The number of β-amino-alcohol motifs (C(OH)–C–C–N with tert-alkyl or cyclic N) is 1. The number of benzene rings is 1. The molecule has 3 aromatic rings. The molecule has 4 rings (SSSR count). The number of nitrogens with zero attached hydrogens (tertiary/aromatic N) is 6. The first-order chi connectivity index (χ1) is 15.3. The van der Waals surface area contributed by atoms with Gasteiger partial charge in [-0.05, 0) is 38.3 Å². The third-order valence-corrected chi connectivity index (χ3v) is 6.30. The van der Waals surface area contributed by atoms with E-state index in [9.17, 15) is 9.90 Å². The van der Waals surface area contributed by atoms with Crippen molar-refractivity contribution in [2.75, 3.05) is 31.6 Å². The number of carbonyl (C=O) groups excluding carboxylic acids is 1. The quantitative estimate of drug-likeness (QED) is 0.612. The minimum Gasteiger partial charge on any atom is -0.386 e. The highest BCUT2D eigenvalue weighted by Crippen LogP contribution is 2.26. The maximum atomic E-state index is 12.8. The van der Waals surface area contributed by atoms with E-state index in [-0.39, 0.29) is 5.91 Å². The summed E-state index contributed by atoms with van der Waals surface area (Å²) in [6.45, 7) is 3.55. The second kappa shape index (κ2) is 9.24. The van der Waals surface area contributed by atoms with Crippen molar-refractivity contribution in [2.24, 2.45) is 7.05 Å². The second-order valence-corrected chi connectivity index (χ2v) is 8.95. The van der Waals surface area contributed by atoms with E-state index in [1.165, 1.54) is 0 Å². The van der Waals surface area contributed by atoms with Crippen LogP contribution >= 0.6 is 0 Å². The van der Waals surface area contributed by atoms with Gasteiger partial charge in [-0.25, -0.2) is 15.0 Å². The standard InChI is InChI=1S/C24H32N6O2/c1-18-14-22(26-17-25-18)30-13-7-12-24(32,16-30)15-28(2)23(31)11-6-10-21-27-19-8-4-5-9-20(19)29(21)3/h4-5,8-9,14,17,32H,6-7,10-13,15-16H2,1-3H3. The van der Waals surface area contributed by atoms with E-state index in [1.807, 2.05) is 38.2 Å². The monoisotopic (exact) mass is 436 g/mol. The first-order valence-electron chi connectivity index (χ1n) is 11.2. The minimum absolute atomic E-state index is 0.0483. The molecule has 8 heteroatoms. The van der Waals surface area contributed by atoms with Crippen LogP contribution in [0.4, 0.5) is 5.82 Å². The fraction of sp³-hybridized carbons (Fsp3) is 0.500. The molecule has 3 heterocycles. The lowest BCUT2D eigenvalue weighted by Crippen LogP contribution is -2.54. The van der Waals surface area contributed by atoms with Crippen molar-refractivity contribution in [2.45, 2.75) is 44.6 Å². The van der Waals surface area contributed by atoms with Gasteiger partial charge in [-0.1, -0.05) is 12.1 Å². The number of aromatic nitrogens is 4. The Hall–Kier alpha value is -3.00. The molecule has 1 fully saturated rings. The molecule has 2 aromatic heterocycles. The fourth-order valence-corrected chi connectivity index (χ4v) is 4.59. The van der Waals surface area contributed by atoms with Gasteiger partial charge >= 0.3 is 0 Å². The summed E-state index contributed by atoms with van der Waals surface area (Å²) in [4.78, 5) is 29.7. The molecular weight excluding hydrogens is 404 g/mol. The zero-order valence-electron chi connectivity index (χ0n) is 19.2. The fourth-order valence-electron chi connectivity index (χ4n) is 4.59. The van der Waals surface area contributed by atoms with E-state index in [0.717, 1.165) is 54.2 Å². The highest BCUT2D eigenvalue weighted by atomic mass is 16.3. The number of aliphatic hydroxyl groups is 1. The maximum absolute atomic E-state index is 12.8. The summed E-state index contributed by atoms with van der Waals surface area (Å²) in [5.41, 5.74) is 2.04. The van der Waals surface area contributed by atoms with Crippen LogP contribution in [0.15, 0.2) is 36.7 Å². The first kappa shape index (κ1) is 22.2. The molecule has 1 N–H and O–H groups in total. The summed E-state index contributed by atoms with van der Waals surface area (Å²) in [6.07, 6.45) is 4.99. The molecule has 32 heavy (non-hydrogen) atoms. The smallest absolute Gasteiger partial charge is 0.222 e. The third-order valence-electron chi connectivity index (χ3n) is 6.30. The average molecular weight is 437 g/mol. The van der Waals surface area contributed by atoms with E-state index < -0.39 is 5.60 Å². The molecule has 1 saturated heterocycles. The Morgan fingerprint density at radius 3 is 2.88 bits per heavy atom. The summed E-state index contributed by atoms with van der Waals surface area (Å²) in [5, 5.41) is 11.2. The number of hydrogen-bond donors (Lipinski definition) is 1. The molecule has 1 aliphatic heterocycles. The van der Waals surface area contributed by atoms with Crippen molar-refractivity contribution in [1.82, 2.24) is 24.4 Å². The number of para-hydroxylation sites is 2. The number of aryl methyl sites for hydroxylation is 3. The summed E-state index contributed by atoms with van der Waals surface area (Å²) in [5.74, 6) is 1.86. The molecule has 1 unspecified atom stereocenters. The number of fused-ring (bicyclic) bond motifs is 1. The van der Waals surface area contributed by atoms with Gasteiger partial charge in [-0.15, -0.1) is 0 Å². The van der Waals surface area contributed by atoms with Crippen LogP contribution in [0.3, 0.4) is 0 Å². The highest BCUT2D eigenvalue weighted by molar-refractivity contribution is 5.76. The number of imidazole rings is 1. The number of anilines is 1. The molecule has 0 bridgehead atoms. The van der Waals surface area contributed by atoms with Gasteiger partial charge in [0.1, 0.15) is 18.0 Å². The Morgan fingerprint density at radius 2 is 2.09 bits per heavy atom. The summed E-state index contributed by atoms with van der Waals surface area (Å²) >= 11 is 0. The normalized spacial score (nSPS) is 18.8. The van der Waals surface area contributed by atoms with Crippen LogP contribution in [0, 0.1) is 6.92 Å². The molecule has 0 saturated carbocycles. The Labute approximate surface area is 188 Å². The van der Waals surface area contributed by atoms with Gasteiger partial charge < -0.3 is 19.5 Å². The highest BCUT2D eigenvalue weighted by Gasteiger charge is 2.35. The van der Waals surface area contributed by atoms with Crippen LogP contribution in [-0.4, -0.2) is 67.7 Å². The number of hydrogen-bond acceptors (Lipinski definition) is 6. The lowest BCUT2D eigenvalue weighted by atomic mass is 9.92. The lowest BCUT2D eigenvalue weighted by molar-refractivity contribution is -0.133. The van der Waals surface area contributed by atoms with Crippen molar-refractivity contribution in [3.05, 3.63) is 48.2 Å². The van der Waals surface area contributed by atoms with E-state index >= 15 is 0 Å². The van der Waals surface area contributed by atoms with E-state index in [4.69, 9.17) is 0 Å². The van der Waals surface area contributed by atoms with Gasteiger partial charge in [0.15, 0.2) is 0 Å². The van der Waals surface area contributed by atoms with Crippen molar-refractivity contribution in [3.8, 4) is 0 Å². The van der Waals surface area contributed by atoms with Gasteiger partial charge in [-0.3, -0.25) is 4.79 Å². The summed E-state index contributed by atoms with van der Waals surface area (Å²) in [7, 11) is 3.80. The predicted molar refractivity (Wildman–Crippen MR) is 124 cm³/mol. The SMILES string of the molecule is Cc1cc(N2CCCC(O)(CN(C)C(=O)CCCc3nc4ccccc4n3C)C2)ncn1. The Balaban J connectivity index is 1.31. The van der Waals surface area contributed by atoms with Crippen LogP contribution in [0.5, 0.6) is 0 Å². The van der Waals surface area contributed by atoms with Gasteiger partial charge in [0.2, 0.25) is 5.91 Å². The lowest BCUT2D eigenvalue weighted by Gasteiger charge is -2.41. The molecule has 1 atom stereocenters. The first-order valence-corrected chi connectivity index (χ1v) is 11.2. The molecule has 8 nitrogen and oxygen atoms in total. The Bertz CT molecular complexity index is 1100. The van der Waals surface area contributed by atoms with E-state index in [2.05, 4.69) is 30.5 Å². The van der Waals surface area contributed by atoms with Gasteiger partial charge in [0.25, 0.3) is 0 Å². The zero-order chi connectivity index (χ0) is 22.7. The molecule has 0 radical (unpaired) electrons. The predicted octanol–water partition coefficient (Wildman–Crippen LogP) is 2.48. The summed E-state index contributed by atoms with van der Waals surface area (Å²) in [6, 6.07) is 9.99. The van der Waals surface area contributed by atoms with Crippen LogP contribution < -0.4 is 4.90 Å². The second-order valence-electron chi connectivity index (χ2n) is 8.95. The number of piperidine rings is 1. The van der Waals surface area contributed by atoms with Gasteiger partial charge in [0.05, 0.1) is 23.2 Å². The van der Waals surface area contributed by atoms with Crippen LogP contribution in [0.25, 0.3) is 11.0 Å². The molecule has 0 spiro atoms. The minimum atomic E-state index is -0.946. The third kappa shape index (κ3) is 4.91. The molecule has 170 valence electrons. The molecule has 1 aromatic carbocycles. The number of rotatable bonds is 7. The van der Waals surface area contributed by atoms with Gasteiger partial charge in [-0.2, -0.15) is 0 Å². The Morgan fingerprint density at radius 1 is 1.28 bits per heavy atom. The topological polar surface area (TPSA) is 87.4 Å². The van der Waals surface area contributed by atoms with Crippen LogP contribution in [-0.2, 0) is 18.3 Å². The van der Waals surface area contributed by atoms with Crippen molar-refractivity contribution < 1.29 is 9.90 Å². The number of likely N-dealkylation sites (N-methyl/N-ethyl adjacent to an activating group) is 1. The van der Waals surface area contributed by atoms with Crippen LogP contribution in [0.1, 0.15) is 37.2 Å². The van der Waals surface area contributed by atoms with Crippen molar-refractivity contribution >= 4 is 22.8 Å². The van der Waals surface area contributed by atoms with E-state index in [1.54, 1.807) is 18.3 Å². The van der Waals surface area contributed by atoms with E-state index in [0.29, 0.717) is 25.9 Å².